The Kier molecular flexibility index (Phi) is 5.06. The highest BCUT2D eigenvalue weighted by atomic mass is 19.1. The molecule has 142 valence electrons. The third kappa shape index (κ3) is 3.74. The Morgan fingerprint density at radius 2 is 1.68 bits per heavy atom. The molecule has 4 rings (SSSR count). The molecule has 0 amide bonds. The maximum atomic E-state index is 13.0. The number of aliphatic hydroxyl groups excluding tert-OH is 2. The molecule has 1 atom stereocenters. The minimum atomic E-state index is -0.807. The molecule has 2 N–H and O–H groups in total. The number of pyridine rings is 1. The molecule has 0 aliphatic rings. The molecule has 0 saturated heterocycles. The van der Waals surface area contributed by atoms with E-state index >= 15 is 0 Å². The van der Waals surface area contributed by atoms with Gasteiger partial charge in [-0.1, -0.05) is 0 Å². The number of halogens is 1. The van der Waals surface area contributed by atoms with E-state index in [1.54, 1.807) is 24.5 Å². The summed E-state index contributed by atoms with van der Waals surface area (Å²) in [5, 5.41) is 20.0. The zero-order valence-electron chi connectivity index (χ0n) is 15.0. The number of hydrogen-bond acceptors (Lipinski definition) is 4. The third-order valence-electron chi connectivity index (χ3n) is 4.52. The lowest BCUT2D eigenvalue weighted by molar-refractivity contribution is 0.0957. The van der Waals surface area contributed by atoms with E-state index in [9.17, 15) is 9.50 Å². The number of aliphatic hydroxyl groups is 2. The van der Waals surface area contributed by atoms with Crippen molar-refractivity contribution in [1.29, 1.82) is 0 Å². The predicted octanol–water partition coefficient (Wildman–Crippen LogP) is 3.85. The van der Waals surface area contributed by atoms with Gasteiger partial charge in [-0.3, -0.25) is 4.98 Å². The molecule has 5 nitrogen and oxygen atoms in total. The van der Waals surface area contributed by atoms with Gasteiger partial charge in [-0.05, 0) is 60.2 Å². The fourth-order valence-electron chi connectivity index (χ4n) is 3.15. The topological polar surface area (TPSA) is 67.5 Å². The molecule has 0 aliphatic heterocycles. The summed E-state index contributed by atoms with van der Waals surface area (Å²) in [6.45, 7) is -0.285. The lowest BCUT2D eigenvalue weighted by Crippen LogP contribution is -2.14. The Morgan fingerprint density at radius 1 is 1.00 bits per heavy atom. The van der Waals surface area contributed by atoms with Crippen LogP contribution in [-0.2, 0) is 6.42 Å². The molecule has 0 radical (unpaired) electrons. The van der Waals surface area contributed by atoms with E-state index in [-0.39, 0.29) is 12.4 Å². The minimum absolute atomic E-state index is 0.285. The summed E-state index contributed by atoms with van der Waals surface area (Å²) in [7, 11) is 0. The van der Waals surface area contributed by atoms with Gasteiger partial charge in [0.05, 0.1) is 24.4 Å². The van der Waals surface area contributed by atoms with Crippen LogP contribution in [0.1, 0.15) is 5.56 Å². The first-order valence-electron chi connectivity index (χ1n) is 8.91. The van der Waals surface area contributed by atoms with Crippen molar-refractivity contribution in [3.05, 3.63) is 84.6 Å². The van der Waals surface area contributed by atoms with Crippen LogP contribution in [0.25, 0.3) is 16.6 Å². The molecule has 4 aromatic rings. The minimum Gasteiger partial charge on any atom is -0.457 e. The van der Waals surface area contributed by atoms with Crippen molar-refractivity contribution in [2.45, 2.75) is 12.5 Å². The van der Waals surface area contributed by atoms with E-state index < -0.39 is 6.10 Å². The molecule has 0 spiro atoms. The summed E-state index contributed by atoms with van der Waals surface area (Å²) in [6, 6.07) is 15.3. The van der Waals surface area contributed by atoms with Crippen LogP contribution < -0.4 is 4.74 Å². The van der Waals surface area contributed by atoms with E-state index in [0.29, 0.717) is 17.9 Å². The number of aromatic nitrogens is 2. The van der Waals surface area contributed by atoms with Gasteiger partial charge >= 0.3 is 0 Å². The second-order valence-electron chi connectivity index (χ2n) is 6.51. The number of hydrogen-bond donors (Lipinski definition) is 2. The van der Waals surface area contributed by atoms with Crippen molar-refractivity contribution >= 4 is 10.9 Å². The molecule has 0 aliphatic carbocycles. The Hall–Kier alpha value is -3.22. The highest BCUT2D eigenvalue weighted by Crippen LogP contribution is 2.27. The summed E-state index contributed by atoms with van der Waals surface area (Å²) >= 11 is 0. The number of benzene rings is 2. The smallest absolute Gasteiger partial charge is 0.127 e. The van der Waals surface area contributed by atoms with Crippen LogP contribution >= 0.6 is 0 Å². The highest BCUT2D eigenvalue weighted by Gasteiger charge is 2.13. The summed E-state index contributed by atoms with van der Waals surface area (Å²) in [5.74, 6) is 0.892. The quantitative estimate of drug-likeness (QED) is 0.535. The van der Waals surface area contributed by atoms with Crippen molar-refractivity contribution in [2.24, 2.45) is 0 Å². The van der Waals surface area contributed by atoms with Crippen LogP contribution in [0, 0.1) is 5.82 Å². The lowest BCUT2D eigenvalue weighted by Gasteiger charge is -2.08. The largest absolute Gasteiger partial charge is 0.457 e. The van der Waals surface area contributed by atoms with Crippen LogP contribution in [0.15, 0.2) is 73.2 Å². The normalized spacial score (nSPS) is 12.2. The van der Waals surface area contributed by atoms with Crippen LogP contribution in [0.3, 0.4) is 0 Å². The third-order valence-corrected chi connectivity index (χ3v) is 4.52. The van der Waals surface area contributed by atoms with E-state index in [1.807, 2.05) is 41.1 Å². The average molecular weight is 378 g/mol. The number of rotatable bonds is 6. The van der Waals surface area contributed by atoms with Gasteiger partial charge in [-0.2, -0.15) is 0 Å². The maximum absolute atomic E-state index is 13.0. The molecule has 28 heavy (non-hydrogen) atoms. The summed E-state index contributed by atoms with van der Waals surface area (Å²) < 4.78 is 20.7. The van der Waals surface area contributed by atoms with Gasteiger partial charge in [0.15, 0.2) is 0 Å². The van der Waals surface area contributed by atoms with Crippen molar-refractivity contribution in [2.75, 3.05) is 6.61 Å². The maximum Gasteiger partial charge on any atom is 0.127 e. The summed E-state index contributed by atoms with van der Waals surface area (Å²) in [4.78, 5) is 4.20. The molecule has 0 bridgehead atoms. The van der Waals surface area contributed by atoms with Crippen molar-refractivity contribution < 1.29 is 19.3 Å². The number of ether oxygens (including phenoxy) is 1. The molecular formula is C22H19FN2O3. The van der Waals surface area contributed by atoms with Crippen molar-refractivity contribution in [3.63, 3.8) is 0 Å². The first-order chi connectivity index (χ1) is 13.6. The second kappa shape index (κ2) is 7.80. The van der Waals surface area contributed by atoms with Gasteiger partial charge in [0, 0.05) is 29.9 Å². The van der Waals surface area contributed by atoms with Crippen LogP contribution in [-0.4, -0.2) is 32.5 Å². The van der Waals surface area contributed by atoms with Gasteiger partial charge in [0.1, 0.15) is 17.3 Å². The van der Waals surface area contributed by atoms with E-state index in [4.69, 9.17) is 9.84 Å². The molecule has 2 heterocycles. The first-order valence-corrected chi connectivity index (χ1v) is 8.91. The highest BCUT2D eigenvalue weighted by molar-refractivity contribution is 5.84. The zero-order chi connectivity index (χ0) is 19.5. The molecule has 0 saturated carbocycles. The SMILES string of the molecule is OC[C@@H](O)Cc1cn(-c2ccc(Oc3ccc(F)cc3)cc2)c2cnccc12. The van der Waals surface area contributed by atoms with Crippen LogP contribution in [0.5, 0.6) is 11.5 Å². The predicted molar refractivity (Wildman–Crippen MR) is 104 cm³/mol. The Bertz CT molecular complexity index is 1080. The Balaban J connectivity index is 1.63. The first kappa shape index (κ1) is 18.2. The summed E-state index contributed by atoms with van der Waals surface area (Å²) in [6.07, 6.45) is 4.98. The molecule has 6 heteroatoms. The Labute approximate surface area is 161 Å². The van der Waals surface area contributed by atoms with E-state index in [2.05, 4.69) is 4.98 Å². The molecule has 2 aromatic carbocycles. The van der Waals surface area contributed by atoms with Gasteiger partial charge in [-0.25, -0.2) is 4.39 Å². The van der Waals surface area contributed by atoms with Crippen LogP contribution in [0.2, 0.25) is 0 Å². The molecule has 0 fully saturated rings. The van der Waals surface area contributed by atoms with Gasteiger partial charge < -0.3 is 19.5 Å². The molecule has 0 unspecified atom stereocenters. The zero-order valence-corrected chi connectivity index (χ0v) is 15.0. The van der Waals surface area contributed by atoms with E-state index in [1.165, 1.54) is 12.1 Å². The van der Waals surface area contributed by atoms with E-state index in [0.717, 1.165) is 22.2 Å². The van der Waals surface area contributed by atoms with Crippen molar-refractivity contribution in [3.8, 4) is 17.2 Å². The van der Waals surface area contributed by atoms with Gasteiger partial charge in [0.2, 0.25) is 0 Å². The Morgan fingerprint density at radius 3 is 2.36 bits per heavy atom. The molecule has 2 aromatic heterocycles. The van der Waals surface area contributed by atoms with Gasteiger partial charge in [-0.15, -0.1) is 0 Å². The number of fused-ring (bicyclic) bond motifs is 1. The molecular weight excluding hydrogens is 359 g/mol. The summed E-state index contributed by atoms with van der Waals surface area (Å²) in [5.41, 5.74) is 2.76. The fourth-order valence-corrected chi connectivity index (χ4v) is 3.15. The average Bonchev–Trinajstić information content (AvgIpc) is 3.09. The monoisotopic (exact) mass is 378 g/mol. The fraction of sp³-hybridized carbons (Fsp3) is 0.136. The van der Waals surface area contributed by atoms with Gasteiger partial charge in [0.25, 0.3) is 0 Å². The lowest BCUT2D eigenvalue weighted by atomic mass is 10.1. The van der Waals surface area contributed by atoms with Crippen molar-refractivity contribution in [1.82, 2.24) is 9.55 Å². The van der Waals surface area contributed by atoms with Crippen LogP contribution in [0.4, 0.5) is 4.39 Å². The number of nitrogens with zero attached hydrogens (tertiary/aromatic N) is 2. The standard InChI is InChI=1S/C22H19FN2O3/c23-16-1-5-19(6-2-16)28-20-7-3-17(4-8-20)25-13-15(11-18(27)14-26)21-9-10-24-12-22(21)25/h1-10,12-13,18,26-27H,11,14H2/t18-/m0/s1. The second-order valence-corrected chi connectivity index (χ2v) is 6.51.